The number of esters is 1. The minimum atomic E-state index is -0.425. The molecule has 22 heavy (non-hydrogen) atoms. The van der Waals surface area contributed by atoms with Crippen LogP contribution in [0.25, 0.3) is 10.9 Å². The van der Waals surface area contributed by atoms with Crippen molar-refractivity contribution in [3.63, 3.8) is 0 Å². The van der Waals surface area contributed by atoms with E-state index in [1.165, 1.54) is 0 Å². The summed E-state index contributed by atoms with van der Waals surface area (Å²) in [6, 6.07) is 16.2. The van der Waals surface area contributed by atoms with Crippen LogP contribution in [0.15, 0.2) is 60.8 Å². The molecule has 4 heteroatoms. The molecule has 1 heterocycles. The molecule has 0 atom stereocenters. The number of para-hydroxylation sites is 2. The van der Waals surface area contributed by atoms with Crippen LogP contribution in [0.1, 0.15) is 17.3 Å². The van der Waals surface area contributed by atoms with E-state index >= 15 is 0 Å². The van der Waals surface area contributed by atoms with Gasteiger partial charge in [-0.25, -0.2) is 4.79 Å². The quantitative estimate of drug-likeness (QED) is 0.541. The molecule has 0 aliphatic rings. The minimum Gasteiger partial charge on any atom is -0.490 e. The number of aromatic nitrogens is 1. The first-order valence-electron chi connectivity index (χ1n) is 7.07. The molecule has 0 radical (unpaired) electrons. The number of ether oxygens (including phenoxy) is 2. The van der Waals surface area contributed by atoms with E-state index in [4.69, 9.17) is 9.47 Å². The second-order valence-corrected chi connectivity index (χ2v) is 4.64. The van der Waals surface area contributed by atoms with Gasteiger partial charge < -0.3 is 9.47 Å². The lowest BCUT2D eigenvalue weighted by Gasteiger charge is -2.11. The fourth-order valence-electron chi connectivity index (χ4n) is 2.25. The first kappa shape index (κ1) is 14.1. The number of hydrogen-bond donors (Lipinski definition) is 0. The molecule has 0 fully saturated rings. The van der Waals surface area contributed by atoms with Crippen LogP contribution in [-0.4, -0.2) is 17.6 Å². The van der Waals surface area contributed by atoms with Crippen molar-refractivity contribution in [2.24, 2.45) is 0 Å². The molecule has 0 bridgehead atoms. The zero-order chi connectivity index (χ0) is 15.4. The molecule has 0 aliphatic carbocycles. The molecule has 0 saturated carbocycles. The van der Waals surface area contributed by atoms with Crippen molar-refractivity contribution < 1.29 is 14.3 Å². The van der Waals surface area contributed by atoms with Gasteiger partial charge in [-0.2, -0.15) is 0 Å². The Morgan fingerprint density at radius 1 is 1.00 bits per heavy atom. The van der Waals surface area contributed by atoms with Gasteiger partial charge in [-0.05, 0) is 37.3 Å². The van der Waals surface area contributed by atoms with Crippen molar-refractivity contribution in [1.29, 1.82) is 0 Å². The maximum Gasteiger partial charge on any atom is 0.344 e. The Bertz CT molecular complexity index is 809. The van der Waals surface area contributed by atoms with E-state index in [1.54, 1.807) is 42.6 Å². The average Bonchev–Trinajstić information content (AvgIpc) is 2.56. The molecular formula is C18H15NO3. The van der Waals surface area contributed by atoms with Crippen LogP contribution in [0.5, 0.6) is 11.5 Å². The van der Waals surface area contributed by atoms with E-state index in [0.29, 0.717) is 23.7 Å². The smallest absolute Gasteiger partial charge is 0.344 e. The van der Waals surface area contributed by atoms with Crippen LogP contribution < -0.4 is 9.47 Å². The van der Waals surface area contributed by atoms with Crippen LogP contribution in [0.4, 0.5) is 0 Å². The summed E-state index contributed by atoms with van der Waals surface area (Å²) in [7, 11) is 0. The van der Waals surface area contributed by atoms with E-state index < -0.39 is 5.97 Å². The number of fused-ring (bicyclic) bond motifs is 1. The van der Waals surface area contributed by atoms with Crippen molar-refractivity contribution in [2.45, 2.75) is 6.92 Å². The monoisotopic (exact) mass is 293 g/mol. The molecule has 110 valence electrons. The second-order valence-electron chi connectivity index (χ2n) is 4.64. The molecule has 0 saturated heterocycles. The molecule has 4 nitrogen and oxygen atoms in total. The summed E-state index contributed by atoms with van der Waals surface area (Å²) in [5, 5.41) is 0.767. The third-order valence-corrected chi connectivity index (χ3v) is 3.22. The highest BCUT2D eigenvalue weighted by Crippen LogP contribution is 2.28. The average molecular weight is 293 g/mol. The Balaban J connectivity index is 1.94. The highest BCUT2D eigenvalue weighted by atomic mass is 16.6. The van der Waals surface area contributed by atoms with Gasteiger partial charge >= 0.3 is 5.97 Å². The summed E-state index contributed by atoms with van der Waals surface area (Å²) in [6.45, 7) is 2.39. The Morgan fingerprint density at radius 3 is 2.64 bits per heavy atom. The van der Waals surface area contributed by atoms with E-state index in [-0.39, 0.29) is 0 Å². The number of carbonyl (C=O) groups excluding carboxylic acids is 1. The standard InChI is InChI=1S/C18H15NO3/c1-2-21-16-10-3-4-11-17(16)22-18(20)14-7-5-9-15-13(14)8-6-12-19-15/h3-12H,2H2,1H3. The number of hydrogen-bond acceptors (Lipinski definition) is 4. The van der Waals surface area contributed by atoms with Gasteiger partial charge in [-0.15, -0.1) is 0 Å². The molecule has 0 unspecified atom stereocenters. The Hall–Kier alpha value is -2.88. The third kappa shape index (κ3) is 2.76. The van der Waals surface area contributed by atoms with Crippen LogP contribution in [-0.2, 0) is 0 Å². The Morgan fingerprint density at radius 2 is 1.82 bits per heavy atom. The lowest BCUT2D eigenvalue weighted by molar-refractivity contribution is 0.0730. The summed E-state index contributed by atoms with van der Waals surface area (Å²) in [5.41, 5.74) is 1.24. The molecule has 0 spiro atoms. The second kappa shape index (κ2) is 6.26. The van der Waals surface area contributed by atoms with Gasteiger partial charge in [0.2, 0.25) is 0 Å². The molecule has 3 rings (SSSR count). The highest BCUT2D eigenvalue weighted by molar-refractivity contribution is 6.04. The lowest BCUT2D eigenvalue weighted by atomic mass is 10.1. The predicted octanol–water partition coefficient (Wildman–Crippen LogP) is 3.85. The minimum absolute atomic E-state index is 0.412. The lowest BCUT2D eigenvalue weighted by Crippen LogP contribution is -2.10. The molecule has 0 amide bonds. The predicted molar refractivity (Wildman–Crippen MR) is 84.3 cm³/mol. The molecule has 0 N–H and O–H groups in total. The number of nitrogens with zero attached hydrogens (tertiary/aromatic N) is 1. The summed E-state index contributed by atoms with van der Waals surface area (Å²) < 4.78 is 11.0. The number of carbonyl (C=O) groups is 1. The van der Waals surface area contributed by atoms with Crippen LogP contribution in [0, 0.1) is 0 Å². The number of rotatable bonds is 4. The van der Waals surface area contributed by atoms with Crippen LogP contribution in [0.3, 0.4) is 0 Å². The van der Waals surface area contributed by atoms with Gasteiger partial charge in [0.25, 0.3) is 0 Å². The van der Waals surface area contributed by atoms with Crippen molar-refractivity contribution in [3.05, 3.63) is 66.4 Å². The first-order valence-corrected chi connectivity index (χ1v) is 7.07. The number of benzene rings is 2. The fourth-order valence-corrected chi connectivity index (χ4v) is 2.25. The van der Waals surface area contributed by atoms with Gasteiger partial charge in [-0.1, -0.05) is 24.3 Å². The summed E-state index contributed by atoms with van der Waals surface area (Å²) in [6.07, 6.45) is 1.70. The Labute approximate surface area is 128 Å². The highest BCUT2D eigenvalue weighted by Gasteiger charge is 2.15. The zero-order valence-electron chi connectivity index (χ0n) is 12.2. The van der Waals surface area contributed by atoms with Crippen molar-refractivity contribution in [1.82, 2.24) is 4.98 Å². The molecule has 2 aromatic carbocycles. The van der Waals surface area contributed by atoms with Gasteiger partial charge in [0.05, 0.1) is 17.7 Å². The van der Waals surface area contributed by atoms with Gasteiger partial charge in [-0.3, -0.25) is 4.98 Å². The fraction of sp³-hybridized carbons (Fsp3) is 0.111. The van der Waals surface area contributed by atoms with Crippen molar-refractivity contribution >= 4 is 16.9 Å². The van der Waals surface area contributed by atoms with E-state index in [1.807, 2.05) is 25.1 Å². The topological polar surface area (TPSA) is 48.4 Å². The van der Waals surface area contributed by atoms with Gasteiger partial charge in [0.1, 0.15) is 0 Å². The Kier molecular flexibility index (Phi) is 4.01. The summed E-state index contributed by atoms with van der Waals surface area (Å²) >= 11 is 0. The maximum atomic E-state index is 12.5. The molecule has 1 aromatic heterocycles. The molecular weight excluding hydrogens is 278 g/mol. The van der Waals surface area contributed by atoms with Gasteiger partial charge in [0.15, 0.2) is 11.5 Å². The summed E-state index contributed by atoms with van der Waals surface area (Å²) in [4.78, 5) is 16.7. The molecule has 3 aromatic rings. The first-order chi connectivity index (χ1) is 10.8. The summed E-state index contributed by atoms with van der Waals surface area (Å²) in [5.74, 6) is 0.540. The van der Waals surface area contributed by atoms with E-state index in [9.17, 15) is 4.79 Å². The van der Waals surface area contributed by atoms with E-state index in [0.717, 1.165) is 10.9 Å². The maximum absolute atomic E-state index is 12.5. The van der Waals surface area contributed by atoms with Crippen molar-refractivity contribution in [3.8, 4) is 11.5 Å². The van der Waals surface area contributed by atoms with E-state index in [2.05, 4.69) is 4.98 Å². The van der Waals surface area contributed by atoms with Crippen LogP contribution >= 0.6 is 0 Å². The molecule has 0 aliphatic heterocycles. The largest absolute Gasteiger partial charge is 0.490 e. The van der Waals surface area contributed by atoms with Gasteiger partial charge in [0, 0.05) is 11.6 Å². The van der Waals surface area contributed by atoms with Crippen LogP contribution in [0.2, 0.25) is 0 Å². The normalized spacial score (nSPS) is 10.4. The zero-order valence-corrected chi connectivity index (χ0v) is 12.2. The van der Waals surface area contributed by atoms with Crippen molar-refractivity contribution in [2.75, 3.05) is 6.61 Å². The SMILES string of the molecule is CCOc1ccccc1OC(=O)c1cccc2ncccc12. The third-order valence-electron chi connectivity index (χ3n) is 3.22. The number of pyridine rings is 1.